The first-order valence-corrected chi connectivity index (χ1v) is 6.86. The standard InChI is InChI=1S/C11H13NO7S/c1-6-2-4-7(5-3-6)20(18,19)12-8(10(14)15)9(13)11(16)17/h2-5,8-9,12-13H,1H3,(H,14,15)(H,16,17)/t8-,9-/m0/s1. The summed E-state index contributed by atoms with van der Waals surface area (Å²) < 4.78 is 25.5. The Labute approximate surface area is 114 Å². The van der Waals surface area contributed by atoms with Gasteiger partial charge in [0.15, 0.2) is 12.1 Å². The van der Waals surface area contributed by atoms with E-state index in [1.165, 1.54) is 24.3 Å². The molecule has 0 aliphatic heterocycles. The van der Waals surface area contributed by atoms with Gasteiger partial charge in [-0.05, 0) is 19.1 Å². The molecule has 4 N–H and O–H groups in total. The van der Waals surface area contributed by atoms with Crippen molar-refractivity contribution in [1.29, 1.82) is 0 Å². The van der Waals surface area contributed by atoms with Crippen molar-refractivity contribution in [3.05, 3.63) is 29.8 Å². The van der Waals surface area contributed by atoms with Crippen LogP contribution in [-0.4, -0.2) is 47.8 Å². The molecular weight excluding hydrogens is 290 g/mol. The minimum Gasteiger partial charge on any atom is -0.480 e. The minimum atomic E-state index is -4.25. The highest BCUT2D eigenvalue weighted by Crippen LogP contribution is 2.11. The van der Waals surface area contributed by atoms with Crippen LogP contribution >= 0.6 is 0 Å². The van der Waals surface area contributed by atoms with Gasteiger partial charge in [-0.15, -0.1) is 0 Å². The Kier molecular flexibility index (Phi) is 4.82. The van der Waals surface area contributed by atoms with Crippen LogP contribution in [0.25, 0.3) is 0 Å². The number of hydrogen-bond acceptors (Lipinski definition) is 5. The van der Waals surface area contributed by atoms with E-state index in [4.69, 9.17) is 10.2 Å². The van der Waals surface area contributed by atoms with Crippen molar-refractivity contribution in [3.63, 3.8) is 0 Å². The molecule has 1 rings (SSSR count). The summed E-state index contributed by atoms with van der Waals surface area (Å²) in [6, 6.07) is 3.29. The van der Waals surface area contributed by atoms with Crippen LogP contribution < -0.4 is 4.72 Å². The summed E-state index contributed by atoms with van der Waals surface area (Å²) in [7, 11) is -4.25. The number of nitrogens with one attached hydrogen (secondary N) is 1. The fourth-order valence-corrected chi connectivity index (χ4v) is 2.54. The fourth-order valence-electron chi connectivity index (χ4n) is 1.35. The van der Waals surface area contributed by atoms with Crippen LogP contribution in [-0.2, 0) is 19.6 Å². The van der Waals surface area contributed by atoms with E-state index in [9.17, 15) is 23.1 Å². The maximum Gasteiger partial charge on any atom is 0.334 e. The van der Waals surface area contributed by atoms with Gasteiger partial charge in [-0.2, -0.15) is 4.72 Å². The molecule has 0 heterocycles. The van der Waals surface area contributed by atoms with Crippen LogP contribution in [0.2, 0.25) is 0 Å². The maximum atomic E-state index is 11.9. The lowest BCUT2D eigenvalue weighted by Gasteiger charge is -2.17. The van der Waals surface area contributed by atoms with Crippen LogP contribution in [0.15, 0.2) is 29.2 Å². The van der Waals surface area contributed by atoms with Crippen molar-refractivity contribution < 1.29 is 33.3 Å². The zero-order valence-electron chi connectivity index (χ0n) is 10.3. The average molecular weight is 303 g/mol. The second kappa shape index (κ2) is 5.99. The molecule has 9 heteroatoms. The largest absolute Gasteiger partial charge is 0.480 e. The summed E-state index contributed by atoms with van der Waals surface area (Å²) in [5.41, 5.74) is 0.796. The highest BCUT2D eigenvalue weighted by molar-refractivity contribution is 7.89. The van der Waals surface area contributed by atoms with E-state index in [0.717, 1.165) is 5.56 Å². The number of aliphatic hydroxyl groups is 1. The van der Waals surface area contributed by atoms with Gasteiger partial charge in [0.05, 0.1) is 4.90 Å². The number of aliphatic carboxylic acids is 2. The van der Waals surface area contributed by atoms with Gasteiger partial charge >= 0.3 is 11.9 Å². The molecule has 0 aromatic heterocycles. The van der Waals surface area contributed by atoms with Gasteiger partial charge in [-0.1, -0.05) is 17.7 Å². The molecule has 0 fully saturated rings. The molecule has 0 aliphatic rings. The van der Waals surface area contributed by atoms with Crippen molar-refractivity contribution in [2.75, 3.05) is 0 Å². The molecule has 0 radical (unpaired) electrons. The number of carboxylic acids is 2. The SMILES string of the molecule is Cc1ccc(S(=O)(=O)N[C@H](C(=O)O)[C@H](O)C(=O)O)cc1. The third kappa shape index (κ3) is 3.76. The van der Waals surface area contributed by atoms with Crippen molar-refractivity contribution in [1.82, 2.24) is 4.72 Å². The highest BCUT2D eigenvalue weighted by atomic mass is 32.2. The monoisotopic (exact) mass is 303 g/mol. The molecule has 0 bridgehead atoms. The van der Waals surface area contributed by atoms with E-state index < -0.39 is 34.1 Å². The first kappa shape index (κ1) is 16.1. The summed E-state index contributed by atoms with van der Waals surface area (Å²) in [5.74, 6) is -3.64. The minimum absolute atomic E-state index is 0.230. The van der Waals surface area contributed by atoms with Gasteiger partial charge < -0.3 is 15.3 Å². The first-order valence-electron chi connectivity index (χ1n) is 5.38. The molecule has 0 amide bonds. The zero-order valence-corrected chi connectivity index (χ0v) is 11.2. The van der Waals surface area contributed by atoms with Gasteiger partial charge in [0.25, 0.3) is 0 Å². The van der Waals surface area contributed by atoms with Gasteiger partial charge in [0.2, 0.25) is 10.0 Å². The summed E-state index contributed by atoms with van der Waals surface area (Å²) in [4.78, 5) is 21.2. The first-order chi connectivity index (χ1) is 9.15. The topological polar surface area (TPSA) is 141 Å². The second-order valence-electron chi connectivity index (χ2n) is 4.03. The Morgan fingerprint density at radius 2 is 1.60 bits per heavy atom. The molecule has 20 heavy (non-hydrogen) atoms. The van der Waals surface area contributed by atoms with Gasteiger partial charge in [-0.25, -0.2) is 13.2 Å². The molecule has 0 saturated heterocycles. The van der Waals surface area contributed by atoms with Crippen LogP contribution in [0, 0.1) is 6.92 Å². The summed E-state index contributed by atoms with van der Waals surface area (Å²) in [5, 5.41) is 26.6. The number of aryl methyl sites for hydroxylation is 1. The molecule has 2 atom stereocenters. The van der Waals surface area contributed by atoms with Crippen molar-refractivity contribution >= 4 is 22.0 Å². The number of carbonyl (C=O) groups is 2. The Hall–Kier alpha value is -1.97. The molecule has 1 aromatic carbocycles. The third-order valence-electron chi connectivity index (χ3n) is 2.45. The smallest absolute Gasteiger partial charge is 0.334 e. The lowest BCUT2D eigenvalue weighted by Crippen LogP contribution is -2.51. The molecule has 0 spiro atoms. The van der Waals surface area contributed by atoms with Crippen LogP contribution in [0.4, 0.5) is 0 Å². The molecule has 1 aromatic rings. The normalized spacial score (nSPS) is 14.5. The number of sulfonamides is 1. The number of rotatable bonds is 6. The van der Waals surface area contributed by atoms with Crippen molar-refractivity contribution in [2.45, 2.75) is 24.0 Å². The van der Waals surface area contributed by atoms with Crippen LogP contribution in [0.5, 0.6) is 0 Å². The third-order valence-corrected chi connectivity index (χ3v) is 3.91. The van der Waals surface area contributed by atoms with Gasteiger partial charge in [0, 0.05) is 0 Å². The molecular formula is C11H13NO7S. The molecule has 0 unspecified atom stereocenters. The Bertz CT molecular complexity index is 608. The second-order valence-corrected chi connectivity index (χ2v) is 5.75. The predicted molar refractivity (Wildman–Crippen MR) is 66.6 cm³/mol. The van der Waals surface area contributed by atoms with E-state index >= 15 is 0 Å². The highest BCUT2D eigenvalue weighted by Gasteiger charge is 2.35. The molecule has 0 saturated carbocycles. The fraction of sp³-hybridized carbons (Fsp3) is 0.273. The lowest BCUT2D eigenvalue weighted by atomic mass is 10.2. The van der Waals surface area contributed by atoms with Crippen LogP contribution in [0.1, 0.15) is 5.56 Å². The maximum absolute atomic E-state index is 11.9. The summed E-state index contributed by atoms with van der Waals surface area (Å²) in [6.45, 7) is 1.73. The Balaban J connectivity index is 3.06. The van der Waals surface area contributed by atoms with Gasteiger partial charge in [-0.3, -0.25) is 4.79 Å². The van der Waals surface area contributed by atoms with E-state index in [0.29, 0.717) is 0 Å². The molecule has 8 nitrogen and oxygen atoms in total. The zero-order chi connectivity index (χ0) is 15.5. The van der Waals surface area contributed by atoms with Crippen LogP contribution in [0.3, 0.4) is 0 Å². The van der Waals surface area contributed by atoms with E-state index in [1.54, 1.807) is 11.6 Å². The lowest BCUT2D eigenvalue weighted by molar-refractivity contribution is -0.155. The van der Waals surface area contributed by atoms with Crippen molar-refractivity contribution in [2.24, 2.45) is 0 Å². The number of hydrogen-bond donors (Lipinski definition) is 4. The van der Waals surface area contributed by atoms with E-state index in [1.807, 2.05) is 0 Å². The van der Waals surface area contributed by atoms with Crippen molar-refractivity contribution in [3.8, 4) is 0 Å². The summed E-state index contributed by atoms with van der Waals surface area (Å²) in [6.07, 6.45) is -2.40. The summed E-state index contributed by atoms with van der Waals surface area (Å²) >= 11 is 0. The predicted octanol–water partition coefficient (Wildman–Crippen LogP) is -0.828. The number of carboxylic acid groups (broad SMARTS) is 2. The van der Waals surface area contributed by atoms with E-state index in [-0.39, 0.29) is 4.90 Å². The number of benzene rings is 1. The molecule has 110 valence electrons. The van der Waals surface area contributed by atoms with Gasteiger partial charge in [0.1, 0.15) is 0 Å². The Morgan fingerprint density at radius 3 is 2.00 bits per heavy atom. The quantitative estimate of drug-likeness (QED) is 0.537. The Morgan fingerprint density at radius 1 is 1.10 bits per heavy atom. The number of aliphatic hydroxyl groups excluding tert-OH is 1. The molecule has 0 aliphatic carbocycles. The van der Waals surface area contributed by atoms with E-state index in [2.05, 4.69) is 0 Å². The average Bonchev–Trinajstić information content (AvgIpc) is 2.35.